The maximum atomic E-state index is 5.60. The Morgan fingerprint density at radius 2 is 1.82 bits per heavy atom. The van der Waals surface area contributed by atoms with Crippen LogP contribution < -0.4 is 15.8 Å². The van der Waals surface area contributed by atoms with Gasteiger partial charge >= 0.3 is 6.01 Å². The number of aromatic nitrogens is 3. The van der Waals surface area contributed by atoms with Gasteiger partial charge in [0.25, 0.3) is 0 Å². The average molecular weight is 231 g/mol. The van der Waals surface area contributed by atoms with E-state index in [1.165, 1.54) is 7.11 Å². The fourth-order valence-electron chi connectivity index (χ4n) is 1.30. The molecule has 3 N–H and O–H groups in total. The molecule has 1 aromatic carbocycles. The highest BCUT2D eigenvalue weighted by atomic mass is 16.5. The van der Waals surface area contributed by atoms with Gasteiger partial charge in [0.1, 0.15) is 5.82 Å². The van der Waals surface area contributed by atoms with Gasteiger partial charge in [-0.15, -0.1) is 0 Å². The fourth-order valence-corrected chi connectivity index (χ4v) is 1.30. The predicted molar refractivity (Wildman–Crippen MR) is 65.3 cm³/mol. The molecule has 1 heterocycles. The van der Waals surface area contributed by atoms with E-state index in [1.54, 1.807) is 19.1 Å². The first kappa shape index (κ1) is 11.1. The monoisotopic (exact) mass is 231 g/mol. The summed E-state index contributed by atoms with van der Waals surface area (Å²) in [7, 11) is 1.52. The lowest BCUT2D eigenvalue weighted by atomic mass is 10.3. The Labute approximate surface area is 98.9 Å². The highest BCUT2D eigenvalue weighted by Gasteiger charge is 2.03. The van der Waals surface area contributed by atoms with Crippen LogP contribution in [0.2, 0.25) is 0 Å². The molecular formula is C11H13N5O. The molecule has 0 unspecified atom stereocenters. The van der Waals surface area contributed by atoms with Crippen LogP contribution in [0.25, 0.3) is 0 Å². The summed E-state index contributed by atoms with van der Waals surface area (Å²) in [4.78, 5) is 12.2. The number of rotatable bonds is 3. The van der Waals surface area contributed by atoms with Gasteiger partial charge in [-0.3, -0.25) is 0 Å². The van der Waals surface area contributed by atoms with Crippen LogP contribution >= 0.6 is 0 Å². The van der Waals surface area contributed by atoms with E-state index in [1.807, 2.05) is 12.1 Å². The highest BCUT2D eigenvalue weighted by molar-refractivity contribution is 5.57. The second-order valence-electron chi connectivity index (χ2n) is 3.44. The van der Waals surface area contributed by atoms with Crippen molar-refractivity contribution in [1.82, 2.24) is 15.0 Å². The molecule has 1 aromatic heterocycles. The smallest absolute Gasteiger partial charge is 0.321 e. The number of nitrogens with zero attached hydrogens (tertiary/aromatic N) is 3. The van der Waals surface area contributed by atoms with E-state index < -0.39 is 0 Å². The van der Waals surface area contributed by atoms with E-state index in [2.05, 4.69) is 20.3 Å². The number of nitrogens with one attached hydrogen (secondary N) is 1. The summed E-state index contributed by atoms with van der Waals surface area (Å²) in [6.45, 7) is 1.78. The van der Waals surface area contributed by atoms with Crippen molar-refractivity contribution in [3.8, 4) is 6.01 Å². The maximum absolute atomic E-state index is 5.60. The van der Waals surface area contributed by atoms with Gasteiger partial charge < -0.3 is 15.8 Å². The quantitative estimate of drug-likeness (QED) is 0.779. The number of hydrogen-bond acceptors (Lipinski definition) is 6. The first-order chi connectivity index (χ1) is 8.17. The van der Waals surface area contributed by atoms with Crippen LogP contribution in [0.4, 0.5) is 17.3 Å². The van der Waals surface area contributed by atoms with Crippen molar-refractivity contribution in [2.24, 2.45) is 0 Å². The van der Waals surface area contributed by atoms with Crippen molar-refractivity contribution in [3.63, 3.8) is 0 Å². The molecule has 88 valence electrons. The van der Waals surface area contributed by atoms with Crippen LogP contribution in [0.3, 0.4) is 0 Å². The van der Waals surface area contributed by atoms with Crippen molar-refractivity contribution in [2.45, 2.75) is 6.92 Å². The van der Waals surface area contributed by atoms with E-state index in [0.29, 0.717) is 17.5 Å². The molecule has 17 heavy (non-hydrogen) atoms. The average Bonchev–Trinajstić information content (AvgIpc) is 2.31. The van der Waals surface area contributed by atoms with Gasteiger partial charge in [0.05, 0.1) is 7.11 Å². The summed E-state index contributed by atoms with van der Waals surface area (Å²) in [6.07, 6.45) is 0. The van der Waals surface area contributed by atoms with Gasteiger partial charge in [-0.1, -0.05) is 0 Å². The second kappa shape index (κ2) is 4.65. The Kier molecular flexibility index (Phi) is 3.04. The second-order valence-corrected chi connectivity index (χ2v) is 3.44. The zero-order valence-electron chi connectivity index (χ0n) is 9.64. The van der Waals surface area contributed by atoms with Crippen molar-refractivity contribution in [1.29, 1.82) is 0 Å². The first-order valence-corrected chi connectivity index (χ1v) is 5.06. The molecule has 0 aliphatic carbocycles. The molecule has 0 amide bonds. The number of nitrogen functional groups attached to an aromatic ring is 1. The lowest BCUT2D eigenvalue weighted by Crippen LogP contribution is -2.03. The number of ether oxygens (including phenoxy) is 1. The molecule has 0 radical (unpaired) electrons. The van der Waals surface area contributed by atoms with E-state index in [0.717, 1.165) is 5.69 Å². The normalized spacial score (nSPS) is 10.0. The first-order valence-electron chi connectivity index (χ1n) is 5.06. The summed E-state index contributed by atoms with van der Waals surface area (Å²) in [5.74, 6) is 1.04. The Balaban J connectivity index is 2.23. The predicted octanol–water partition coefficient (Wildman–Crippen LogP) is 1.51. The molecule has 2 aromatic rings. The van der Waals surface area contributed by atoms with Crippen LogP contribution in [-0.4, -0.2) is 22.1 Å². The molecule has 0 spiro atoms. The minimum absolute atomic E-state index is 0.287. The maximum Gasteiger partial charge on any atom is 0.321 e. The van der Waals surface area contributed by atoms with Crippen LogP contribution in [0.5, 0.6) is 6.01 Å². The van der Waals surface area contributed by atoms with Gasteiger partial charge in [0.2, 0.25) is 5.95 Å². The minimum Gasteiger partial charge on any atom is -0.467 e. The topological polar surface area (TPSA) is 86.0 Å². The number of aryl methyl sites for hydroxylation is 1. The Morgan fingerprint density at radius 3 is 2.47 bits per heavy atom. The summed E-state index contributed by atoms with van der Waals surface area (Å²) >= 11 is 0. The van der Waals surface area contributed by atoms with E-state index in [-0.39, 0.29) is 6.01 Å². The Morgan fingerprint density at radius 1 is 1.12 bits per heavy atom. The van der Waals surface area contributed by atoms with E-state index >= 15 is 0 Å². The van der Waals surface area contributed by atoms with Crippen LogP contribution in [0.15, 0.2) is 24.3 Å². The van der Waals surface area contributed by atoms with Gasteiger partial charge in [-0.2, -0.15) is 15.0 Å². The van der Waals surface area contributed by atoms with Gasteiger partial charge in [-0.25, -0.2) is 0 Å². The zero-order valence-corrected chi connectivity index (χ0v) is 9.64. The zero-order chi connectivity index (χ0) is 12.3. The molecule has 0 atom stereocenters. The van der Waals surface area contributed by atoms with E-state index in [4.69, 9.17) is 10.5 Å². The van der Waals surface area contributed by atoms with E-state index in [9.17, 15) is 0 Å². The van der Waals surface area contributed by atoms with Gasteiger partial charge in [0.15, 0.2) is 0 Å². The number of methoxy groups -OCH3 is 1. The van der Waals surface area contributed by atoms with Gasteiger partial charge in [0, 0.05) is 11.4 Å². The van der Waals surface area contributed by atoms with Crippen molar-refractivity contribution in [2.75, 3.05) is 18.2 Å². The summed E-state index contributed by atoms with van der Waals surface area (Å²) < 4.78 is 4.97. The van der Waals surface area contributed by atoms with Crippen molar-refractivity contribution >= 4 is 17.3 Å². The fraction of sp³-hybridized carbons (Fsp3) is 0.182. The lowest BCUT2D eigenvalue weighted by Gasteiger charge is -2.06. The van der Waals surface area contributed by atoms with Crippen molar-refractivity contribution in [3.05, 3.63) is 30.1 Å². The van der Waals surface area contributed by atoms with Gasteiger partial charge in [-0.05, 0) is 31.2 Å². The SMILES string of the molecule is COc1nc(C)nc(Nc2ccc(N)cc2)n1. The van der Waals surface area contributed by atoms with Crippen molar-refractivity contribution < 1.29 is 4.74 Å². The molecule has 0 aliphatic rings. The highest BCUT2D eigenvalue weighted by Crippen LogP contribution is 2.16. The number of nitrogens with two attached hydrogens (primary N) is 1. The standard InChI is InChI=1S/C11H13N5O/c1-7-13-10(16-11(14-7)17-2)15-9-5-3-8(12)4-6-9/h3-6H,12H2,1-2H3,(H,13,14,15,16). The molecule has 0 fully saturated rings. The molecule has 2 rings (SSSR count). The Bertz CT molecular complexity index is 512. The number of anilines is 3. The van der Waals surface area contributed by atoms with Crippen LogP contribution in [0.1, 0.15) is 5.82 Å². The molecule has 0 saturated carbocycles. The minimum atomic E-state index is 0.287. The van der Waals surface area contributed by atoms with Crippen LogP contribution in [0, 0.1) is 6.92 Å². The third kappa shape index (κ3) is 2.81. The summed E-state index contributed by atoms with van der Waals surface area (Å²) in [5, 5.41) is 3.05. The van der Waals surface area contributed by atoms with Crippen LogP contribution in [-0.2, 0) is 0 Å². The molecular weight excluding hydrogens is 218 g/mol. The summed E-state index contributed by atoms with van der Waals surface area (Å²) in [6, 6.07) is 7.58. The molecule has 6 heteroatoms. The summed E-state index contributed by atoms with van der Waals surface area (Å²) in [5.41, 5.74) is 7.16. The number of benzene rings is 1. The Hall–Kier alpha value is -2.37. The lowest BCUT2D eigenvalue weighted by molar-refractivity contribution is 0.377. The number of hydrogen-bond donors (Lipinski definition) is 2. The third-order valence-electron chi connectivity index (χ3n) is 2.08. The molecule has 0 saturated heterocycles. The molecule has 0 aliphatic heterocycles. The molecule has 6 nitrogen and oxygen atoms in total. The molecule has 0 bridgehead atoms. The third-order valence-corrected chi connectivity index (χ3v) is 2.08. The largest absolute Gasteiger partial charge is 0.467 e.